The van der Waals surface area contributed by atoms with Crippen molar-refractivity contribution in [3.8, 4) is 0 Å². The topological polar surface area (TPSA) is 92.4 Å². The molecule has 1 fully saturated rings. The van der Waals surface area contributed by atoms with Crippen molar-refractivity contribution in [1.29, 1.82) is 0 Å². The number of esters is 1. The van der Waals surface area contributed by atoms with Gasteiger partial charge in [0.15, 0.2) is 10.7 Å². The van der Waals surface area contributed by atoms with Crippen LogP contribution in [0.25, 0.3) is 0 Å². The molecular weight excluding hydrogens is 246 g/mol. The maximum Gasteiger partial charge on any atom is 0.358 e. The molecule has 1 aliphatic rings. The van der Waals surface area contributed by atoms with Crippen molar-refractivity contribution in [2.24, 2.45) is 0 Å². The molecule has 94 valence electrons. The van der Waals surface area contributed by atoms with Gasteiger partial charge < -0.3 is 4.74 Å². The zero-order chi connectivity index (χ0) is 12.5. The van der Waals surface area contributed by atoms with Crippen LogP contribution in [0.2, 0.25) is 0 Å². The lowest BCUT2D eigenvalue weighted by Gasteiger charge is -2.12. The summed E-state index contributed by atoms with van der Waals surface area (Å²) in [6.45, 7) is 1.02. The number of ether oxygens (including phenoxy) is 1. The van der Waals surface area contributed by atoms with E-state index in [2.05, 4.69) is 14.9 Å². The highest BCUT2D eigenvalue weighted by atomic mass is 32.2. The number of methoxy groups -OCH3 is 1. The molecule has 0 radical (unpaired) electrons. The maximum atomic E-state index is 12.1. The number of nitrogens with zero attached hydrogens (tertiary/aromatic N) is 2. The number of rotatable bonds is 3. The van der Waals surface area contributed by atoms with E-state index < -0.39 is 16.0 Å². The van der Waals surface area contributed by atoms with Crippen LogP contribution in [0.15, 0.2) is 11.1 Å². The Morgan fingerprint density at radius 3 is 2.71 bits per heavy atom. The summed E-state index contributed by atoms with van der Waals surface area (Å²) in [4.78, 5) is 11.2. The Morgan fingerprint density at radius 1 is 1.47 bits per heavy atom. The largest absolute Gasteiger partial charge is 0.464 e. The number of carbonyl (C=O) groups excluding carboxylic acids is 1. The monoisotopic (exact) mass is 259 g/mol. The van der Waals surface area contributed by atoms with E-state index in [0.29, 0.717) is 13.1 Å². The van der Waals surface area contributed by atoms with Crippen LogP contribution in [-0.4, -0.2) is 49.1 Å². The van der Waals surface area contributed by atoms with Crippen LogP contribution in [0.5, 0.6) is 0 Å². The Kier molecular flexibility index (Phi) is 3.16. The van der Waals surface area contributed by atoms with Crippen molar-refractivity contribution >= 4 is 16.0 Å². The SMILES string of the molecule is COC(=O)c1cc(S(=O)(=O)N2CCCC2)[nH]n1. The van der Waals surface area contributed by atoms with E-state index in [4.69, 9.17) is 0 Å². The molecule has 2 heterocycles. The second kappa shape index (κ2) is 4.46. The highest BCUT2D eigenvalue weighted by Gasteiger charge is 2.29. The van der Waals surface area contributed by atoms with Gasteiger partial charge in [0, 0.05) is 19.2 Å². The number of aromatic amines is 1. The fourth-order valence-electron chi connectivity index (χ4n) is 1.71. The van der Waals surface area contributed by atoms with Gasteiger partial charge >= 0.3 is 5.97 Å². The predicted octanol–water partition coefficient (Wildman–Crippen LogP) is -0.0192. The summed E-state index contributed by atoms with van der Waals surface area (Å²) in [5.41, 5.74) is -0.0368. The molecule has 8 heteroatoms. The first kappa shape index (κ1) is 12.1. The van der Waals surface area contributed by atoms with E-state index >= 15 is 0 Å². The summed E-state index contributed by atoms with van der Waals surface area (Å²) in [5, 5.41) is 5.91. The number of hydrogen-bond donors (Lipinski definition) is 1. The minimum Gasteiger partial charge on any atom is -0.464 e. The molecule has 0 spiro atoms. The lowest BCUT2D eigenvalue weighted by molar-refractivity contribution is 0.0594. The second-order valence-electron chi connectivity index (χ2n) is 3.72. The average molecular weight is 259 g/mol. The molecule has 7 nitrogen and oxygen atoms in total. The van der Waals surface area contributed by atoms with Gasteiger partial charge in [-0.1, -0.05) is 0 Å². The molecule has 1 aromatic rings. The minimum atomic E-state index is -3.55. The Balaban J connectivity index is 2.27. The first-order chi connectivity index (χ1) is 8.05. The number of sulfonamides is 1. The maximum absolute atomic E-state index is 12.1. The van der Waals surface area contributed by atoms with Gasteiger partial charge in [-0.2, -0.15) is 9.40 Å². The number of H-pyrrole nitrogens is 1. The van der Waals surface area contributed by atoms with Crippen LogP contribution < -0.4 is 0 Å². The third-order valence-electron chi connectivity index (χ3n) is 2.63. The average Bonchev–Trinajstić information content (AvgIpc) is 2.98. The molecule has 1 aromatic heterocycles. The van der Waals surface area contributed by atoms with E-state index in [1.54, 1.807) is 0 Å². The molecule has 1 saturated heterocycles. The van der Waals surface area contributed by atoms with Gasteiger partial charge in [-0.25, -0.2) is 13.2 Å². The molecule has 2 rings (SSSR count). The summed E-state index contributed by atoms with van der Waals surface area (Å²) in [7, 11) is -2.34. The Bertz CT molecular complexity index is 516. The predicted molar refractivity (Wildman–Crippen MR) is 57.9 cm³/mol. The molecule has 0 unspecified atom stereocenters. The van der Waals surface area contributed by atoms with Gasteiger partial charge in [-0.3, -0.25) is 5.10 Å². The molecule has 0 atom stereocenters. The van der Waals surface area contributed by atoms with Crippen molar-refractivity contribution in [2.45, 2.75) is 17.9 Å². The summed E-state index contributed by atoms with van der Waals surface area (Å²) < 4.78 is 30.0. The van der Waals surface area contributed by atoms with E-state index in [-0.39, 0.29) is 10.7 Å². The number of nitrogens with one attached hydrogen (secondary N) is 1. The van der Waals surface area contributed by atoms with Crippen LogP contribution in [0, 0.1) is 0 Å². The van der Waals surface area contributed by atoms with Crippen LogP contribution in [0.1, 0.15) is 23.3 Å². The van der Waals surface area contributed by atoms with Crippen molar-refractivity contribution in [1.82, 2.24) is 14.5 Å². The zero-order valence-corrected chi connectivity index (χ0v) is 10.2. The molecule has 1 aliphatic heterocycles. The number of aromatic nitrogens is 2. The highest BCUT2D eigenvalue weighted by Crippen LogP contribution is 2.19. The number of hydrogen-bond acceptors (Lipinski definition) is 5. The fraction of sp³-hybridized carbons (Fsp3) is 0.556. The van der Waals surface area contributed by atoms with Crippen molar-refractivity contribution < 1.29 is 17.9 Å². The van der Waals surface area contributed by atoms with Crippen LogP contribution in [-0.2, 0) is 14.8 Å². The normalized spacial score (nSPS) is 17.2. The second-order valence-corrected chi connectivity index (χ2v) is 5.63. The van der Waals surface area contributed by atoms with Gasteiger partial charge in [0.1, 0.15) is 0 Å². The Morgan fingerprint density at radius 2 is 2.12 bits per heavy atom. The minimum absolute atomic E-state index is 0.0368. The summed E-state index contributed by atoms with van der Waals surface area (Å²) >= 11 is 0. The fourth-order valence-corrected chi connectivity index (χ4v) is 3.15. The Hall–Kier alpha value is -1.41. The zero-order valence-electron chi connectivity index (χ0n) is 9.34. The molecule has 17 heavy (non-hydrogen) atoms. The van der Waals surface area contributed by atoms with E-state index in [9.17, 15) is 13.2 Å². The Labute approximate surface area is 98.8 Å². The molecule has 0 bridgehead atoms. The quantitative estimate of drug-likeness (QED) is 0.770. The summed E-state index contributed by atoms with van der Waals surface area (Å²) in [6, 6.07) is 1.19. The standard InChI is InChI=1S/C9H13N3O4S/c1-16-9(13)7-6-8(11-10-7)17(14,15)12-4-2-3-5-12/h6H,2-5H2,1H3,(H,10,11). The molecule has 0 amide bonds. The van der Waals surface area contributed by atoms with Crippen LogP contribution >= 0.6 is 0 Å². The summed E-state index contributed by atoms with van der Waals surface area (Å²) in [6.07, 6.45) is 1.72. The lowest BCUT2D eigenvalue weighted by Crippen LogP contribution is -2.28. The van der Waals surface area contributed by atoms with Gasteiger partial charge in [-0.15, -0.1) is 0 Å². The molecular formula is C9H13N3O4S. The van der Waals surface area contributed by atoms with Crippen LogP contribution in [0.4, 0.5) is 0 Å². The molecule has 0 aliphatic carbocycles. The van der Waals surface area contributed by atoms with Crippen molar-refractivity contribution in [3.05, 3.63) is 11.8 Å². The summed E-state index contributed by atoms with van der Waals surface area (Å²) in [5.74, 6) is -0.663. The highest BCUT2D eigenvalue weighted by molar-refractivity contribution is 7.89. The molecule has 1 N–H and O–H groups in total. The van der Waals surface area contributed by atoms with Gasteiger partial charge in [0.05, 0.1) is 7.11 Å². The van der Waals surface area contributed by atoms with E-state index in [1.165, 1.54) is 17.5 Å². The van der Waals surface area contributed by atoms with Crippen molar-refractivity contribution in [3.63, 3.8) is 0 Å². The van der Waals surface area contributed by atoms with Gasteiger partial charge in [0.25, 0.3) is 10.0 Å². The lowest BCUT2D eigenvalue weighted by atomic mass is 10.4. The van der Waals surface area contributed by atoms with Gasteiger partial charge in [-0.05, 0) is 12.8 Å². The number of carbonyl (C=O) groups is 1. The smallest absolute Gasteiger partial charge is 0.358 e. The van der Waals surface area contributed by atoms with E-state index in [0.717, 1.165) is 12.8 Å². The van der Waals surface area contributed by atoms with Crippen LogP contribution in [0.3, 0.4) is 0 Å². The molecule has 0 aromatic carbocycles. The van der Waals surface area contributed by atoms with Gasteiger partial charge in [0.2, 0.25) is 0 Å². The third-order valence-corrected chi connectivity index (χ3v) is 4.44. The van der Waals surface area contributed by atoms with Crippen molar-refractivity contribution in [2.75, 3.05) is 20.2 Å². The third kappa shape index (κ3) is 2.18. The molecule has 0 saturated carbocycles. The van der Waals surface area contributed by atoms with E-state index in [1.807, 2.05) is 0 Å². The first-order valence-corrected chi connectivity index (χ1v) is 6.63. The first-order valence-electron chi connectivity index (χ1n) is 5.19.